The van der Waals surface area contributed by atoms with Crippen LogP contribution in [0, 0.1) is 0 Å². The average molecular weight is 565 g/mol. The van der Waals surface area contributed by atoms with Crippen molar-refractivity contribution in [2.45, 2.75) is 49.8 Å². The molecule has 1 aliphatic rings. The van der Waals surface area contributed by atoms with E-state index in [4.69, 9.17) is 14.2 Å². The summed E-state index contributed by atoms with van der Waals surface area (Å²) in [6.45, 7) is 5.13. The summed E-state index contributed by atoms with van der Waals surface area (Å²) in [6.07, 6.45) is 0.959. The number of hydrogen-bond acceptors (Lipinski definition) is 8. The predicted octanol–water partition coefficient (Wildman–Crippen LogP) is 4.32. The van der Waals surface area contributed by atoms with Crippen LogP contribution in [0.5, 0.6) is 5.75 Å². The van der Waals surface area contributed by atoms with Gasteiger partial charge in [-0.25, -0.2) is 13.2 Å². The van der Waals surface area contributed by atoms with Gasteiger partial charge in [0.25, 0.3) is 0 Å². The molecule has 11 heteroatoms. The summed E-state index contributed by atoms with van der Waals surface area (Å²) in [5.74, 6) is 0.920. The molecule has 0 spiro atoms. The van der Waals surface area contributed by atoms with Crippen LogP contribution in [-0.2, 0) is 30.0 Å². The number of anilines is 1. The van der Waals surface area contributed by atoms with E-state index in [2.05, 4.69) is 0 Å². The van der Waals surface area contributed by atoms with Gasteiger partial charge in [0.2, 0.25) is 10.0 Å². The van der Waals surface area contributed by atoms with Gasteiger partial charge in [0.1, 0.15) is 24.5 Å². The van der Waals surface area contributed by atoms with E-state index < -0.39 is 33.7 Å². The Labute approximate surface area is 229 Å². The minimum Gasteiger partial charge on any atom is -0.497 e. The van der Waals surface area contributed by atoms with Gasteiger partial charge in [-0.2, -0.15) is 16.1 Å². The van der Waals surface area contributed by atoms with Gasteiger partial charge in [-0.1, -0.05) is 30.3 Å². The fourth-order valence-electron chi connectivity index (χ4n) is 4.08. The van der Waals surface area contributed by atoms with Gasteiger partial charge < -0.3 is 14.2 Å². The zero-order valence-electron chi connectivity index (χ0n) is 22.5. The molecule has 1 saturated heterocycles. The number of benzene rings is 2. The second-order valence-corrected chi connectivity index (χ2v) is 13.3. The maximum Gasteiger partial charge on any atom is 0.414 e. The third-order valence-electron chi connectivity index (χ3n) is 5.79. The first-order valence-corrected chi connectivity index (χ1v) is 15.2. The van der Waals surface area contributed by atoms with Crippen LogP contribution < -0.4 is 9.64 Å². The lowest BCUT2D eigenvalue weighted by molar-refractivity contribution is -0.152. The third-order valence-corrected chi connectivity index (χ3v) is 8.40. The maximum atomic E-state index is 13.1. The van der Waals surface area contributed by atoms with Crippen LogP contribution >= 0.6 is 11.8 Å². The second kappa shape index (κ2) is 12.9. The smallest absolute Gasteiger partial charge is 0.414 e. The molecular weight excluding hydrogens is 528 g/mol. The molecule has 0 bridgehead atoms. The van der Waals surface area contributed by atoms with Gasteiger partial charge in [0.15, 0.2) is 0 Å². The Morgan fingerprint density at radius 3 is 2.32 bits per heavy atom. The summed E-state index contributed by atoms with van der Waals surface area (Å²) in [5, 5.41) is 0.0440. The van der Waals surface area contributed by atoms with Crippen LogP contribution in [0.3, 0.4) is 0 Å². The van der Waals surface area contributed by atoms with Crippen LogP contribution in [0.15, 0.2) is 54.6 Å². The number of methoxy groups -OCH3 is 1. The van der Waals surface area contributed by atoms with Crippen molar-refractivity contribution in [3.63, 3.8) is 0 Å². The normalized spacial score (nSPS) is 18.1. The quantitative estimate of drug-likeness (QED) is 0.393. The van der Waals surface area contributed by atoms with Crippen molar-refractivity contribution in [3.8, 4) is 5.75 Å². The molecule has 0 N–H and O–H groups in total. The number of rotatable bonds is 10. The van der Waals surface area contributed by atoms with Crippen LogP contribution in [0.25, 0.3) is 0 Å². The van der Waals surface area contributed by atoms with E-state index in [1.165, 1.54) is 9.21 Å². The van der Waals surface area contributed by atoms with Crippen molar-refractivity contribution in [3.05, 3.63) is 60.2 Å². The van der Waals surface area contributed by atoms with Gasteiger partial charge in [-0.3, -0.25) is 9.69 Å². The molecule has 208 valence electrons. The number of carbonyl (C=O) groups is 2. The van der Waals surface area contributed by atoms with E-state index in [-0.39, 0.29) is 18.4 Å². The van der Waals surface area contributed by atoms with E-state index in [9.17, 15) is 18.0 Å². The number of carbonyl (C=O) groups excluding carboxylic acids is 2. The van der Waals surface area contributed by atoms with Crippen molar-refractivity contribution in [2.24, 2.45) is 0 Å². The number of hydrogen-bond donors (Lipinski definition) is 0. The van der Waals surface area contributed by atoms with Crippen molar-refractivity contribution >= 4 is 39.5 Å². The largest absolute Gasteiger partial charge is 0.497 e. The minimum absolute atomic E-state index is 0.0440. The molecule has 1 fully saturated rings. The summed E-state index contributed by atoms with van der Waals surface area (Å²) in [6, 6.07) is 15.9. The maximum absolute atomic E-state index is 13.1. The molecule has 38 heavy (non-hydrogen) atoms. The Kier molecular flexibility index (Phi) is 10.1. The highest BCUT2D eigenvalue weighted by atomic mass is 32.2. The number of para-hydroxylation sites is 1. The molecular formula is C27H36N2O7S2. The topological polar surface area (TPSA) is 102 Å². The Morgan fingerprint density at radius 1 is 1.08 bits per heavy atom. The lowest BCUT2D eigenvalue weighted by atomic mass is 10.2. The Morgan fingerprint density at radius 2 is 1.74 bits per heavy atom. The molecule has 1 heterocycles. The van der Waals surface area contributed by atoms with Gasteiger partial charge in [0, 0.05) is 23.2 Å². The van der Waals surface area contributed by atoms with Crippen molar-refractivity contribution in [1.29, 1.82) is 0 Å². The number of ether oxygens (including phenoxy) is 3. The second-order valence-electron chi connectivity index (χ2n) is 10.1. The predicted molar refractivity (Wildman–Crippen MR) is 149 cm³/mol. The summed E-state index contributed by atoms with van der Waals surface area (Å²) in [5.41, 5.74) is 0.877. The molecule has 1 amide bonds. The molecule has 2 aromatic rings. The molecule has 2 aromatic carbocycles. The molecule has 2 atom stereocenters. The SMILES string of the molecule is COc1ccc(CSC2CC(COC(=O)N(CC(=O)OC(C)(C)C)c3ccccc3)N(S(C)(=O)=O)C2)cc1. The highest BCUT2D eigenvalue weighted by Gasteiger charge is 2.39. The standard InChI is InChI=1S/C27H36N2O7S2/c1-27(2,3)36-25(30)17-28(21-9-7-6-8-10-21)26(31)35-18-22-15-24(16-29(22)38(5,32)33)37-19-20-11-13-23(34-4)14-12-20/h6-14,22,24H,15-19H2,1-5H3. The highest BCUT2D eigenvalue weighted by Crippen LogP contribution is 2.32. The Hall–Kier alpha value is -2.76. The number of esters is 1. The molecule has 0 aromatic heterocycles. The van der Waals surface area contributed by atoms with Crippen molar-refractivity contribution in [2.75, 3.05) is 38.0 Å². The lowest BCUT2D eigenvalue weighted by Gasteiger charge is -2.26. The first kappa shape index (κ1) is 29.8. The number of amides is 1. The van der Waals surface area contributed by atoms with Crippen LogP contribution in [0.4, 0.5) is 10.5 Å². The van der Waals surface area contributed by atoms with Crippen LogP contribution in [0.2, 0.25) is 0 Å². The first-order valence-electron chi connectivity index (χ1n) is 12.3. The van der Waals surface area contributed by atoms with E-state index in [1.807, 2.05) is 24.3 Å². The molecule has 0 radical (unpaired) electrons. The summed E-state index contributed by atoms with van der Waals surface area (Å²) in [7, 11) is -1.90. The molecule has 1 aliphatic heterocycles. The molecule has 0 aliphatic carbocycles. The van der Waals surface area contributed by atoms with Crippen LogP contribution in [-0.4, -0.2) is 74.7 Å². The fourth-order valence-corrected chi connectivity index (χ4v) is 6.56. The lowest BCUT2D eigenvalue weighted by Crippen LogP contribution is -2.42. The number of nitrogens with zero attached hydrogens (tertiary/aromatic N) is 2. The molecule has 3 rings (SSSR count). The van der Waals surface area contributed by atoms with Gasteiger partial charge in [0.05, 0.1) is 19.4 Å². The van der Waals surface area contributed by atoms with Crippen molar-refractivity contribution in [1.82, 2.24) is 4.31 Å². The van der Waals surface area contributed by atoms with Crippen LogP contribution in [0.1, 0.15) is 32.8 Å². The van der Waals surface area contributed by atoms with Gasteiger partial charge in [-0.15, -0.1) is 0 Å². The van der Waals surface area contributed by atoms with E-state index in [0.717, 1.165) is 23.3 Å². The van der Waals surface area contributed by atoms with E-state index in [1.54, 1.807) is 70.0 Å². The number of thioether (sulfide) groups is 1. The highest BCUT2D eigenvalue weighted by molar-refractivity contribution is 7.99. The summed E-state index contributed by atoms with van der Waals surface area (Å²) >= 11 is 1.67. The summed E-state index contributed by atoms with van der Waals surface area (Å²) in [4.78, 5) is 26.8. The first-order chi connectivity index (χ1) is 17.9. The van der Waals surface area contributed by atoms with E-state index in [0.29, 0.717) is 18.7 Å². The minimum atomic E-state index is -3.51. The number of sulfonamides is 1. The Bertz CT molecular complexity index is 1180. The van der Waals surface area contributed by atoms with E-state index >= 15 is 0 Å². The Balaban J connectivity index is 1.65. The van der Waals surface area contributed by atoms with Gasteiger partial charge in [-0.05, 0) is 57.0 Å². The van der Waals surface area contributed by atoms with Gasteiger partial charge >= 0.3 is 12.1 Å². The third kappa shape index (κ3) is 8.92. The molecule has 9 nitrogen and oxygen atoms in total. The summed E-state index contributed by atoms with van der Waals surface area (Å²) < 4.78 is 42.6. The molecule has 0 saturated carbocycles. The average Bonchev–Trinajstić information content (AvgIpc) is 3.28. The monoisotopic (exact) mass is 564 g/mol. The fraction of sp³-hybridized carbons (Fsp3) is 0.481. The van der Waals surface area contributed by atoms with Crippen molar-refractivity contribution < 1.29 is 32.2 Å². The zero-order chi connectivity index (χ0) is 27.9. The molecule has 2 unspecified atom stereocenters. The zero-order valence-corrected chi connectivity index (χ0v) is 24.1.